The van der Waals surface area contributed by atoms with Gasteiger partial charge in [-0.15, -0.1) is 0 Å². The van der Waals surface area contributed by atoms with Crippen LogP contribution in [0.1, 0.15) is 12.5 Å². The van der Waals surface area contributed by atoms with Gasteiger partial charge in [-0.05, 0) is 6.92 Å². The largest absolute Gasteiger partial charge is 0.262 e. The quantitative estimate of drug-likeness (QED) is 0.554. The van der Waals surface area contributed by atoms with Crippen LogP contribution in [-0.2, 0) is 0 Å². The van der Waals surface area contributed by atoms with Crippen molar-refractivity contribution in [3.63, 3.8) is 0 Å². The molecule has 0 unspecified atom stereocenters. The second kappa shape index (κ2) is 3.84. The van der Waals surface area contributed by atoms with Crippen LogP contribution in [0.4, 0.5) is 0 Å². The van der Waals surface area contributed by atoms with Gasteiger partial charge in [0.05, 0.1) is 5.04 Å². The molecule has 68 valence electrons. The van der Waals surface area contributed by atoms with E-state index in [4.69, 9.17) is 0 Å². The topological polar surface area (TPSA) is 12.4 Å². The number of alkyl halides is 1. The Hall–Kier alpha value is -0.280. The molecule has 1 aromatic rings. The van der Waals surface area contributed by atoms with Crippen LogP contribution in [0.5, 0.6) is 0 Å². The van der Waals surface area contributed by atoms with E-state index in [9.17, 15) is 0 Å². The molecule has 1 aliphatic heterocycles. The third-order valence-electron chi connectivity index (χ3n) is 1.95. The molecular formula is C10H10BrNS. The summed E-state index contributed by atoms with van der Waals surface area (Å²) in [5.41, 5.74) is 1.22. The van der Waals surface area contributed by atoms with Crippen LogP contribution in [0, 0.1) is 0 Å². The Morgan fingerprint density at radius 2 is 2.00 bits per heavy atom. The molecule has 0 N–H and O–H groups in total. The zero-order valence-corrected chi connectivity index (χ0v) is 9.68. The molecule has 1 nitrogen and oxygen atoms in total. The van der Waals surface area contributed by atoms with Crippen molar-refractivity contribution in [3.05, 3.63) is 35.9 Å². The summed E-state index contributed by atoms with van der Waals surface area (Å²) in [6, 6.07) is 10.3. The Balaban J connectivity index is 2.25. The van der Waals surface area contributed by atoms with E-state index in [1.54, 1.807) is 0 Å². The predicted octanol–water partition coefficient (Wildman–Crippen LogP) is 3.29. The molecule has 1 heterocycles. The molecule has 0 fully saturated rings. The molecule has 1 aliphatic rings. The van der Waals surface area contributed by atoms with Crippen molar-refractivity contribution in [2.75, 3.05) is 0 Å². The number of aliphatic imine (C=N–C) groups is 1. The summed E-state index contributed by atoms with van der Waals surface area (Å²) >= 11 is 5.36. The average Bonchev–Trinajstić information content (AvgIpc) is 2.49. The fourth-order valence-corrected chi connectivity index (χ4v) is 2.84. The smallest absolute Gasteiger partial charge is 0.118 e. The molecule has 1 aromatic carbocycles. The van der Waals surface area contributed by atoms with Crippen molar-refractivity contribution in [1.82, 2.24) is 0 Å². The van der Waals surface area contributed by atoms with E-state index in [1.807, 2.05) is 30.0 Å². The summed E-state index contributed by atoms with van der Waals surface area (Å²) in [7, 11) is 0. The average molecular weight is 256 g/mol. The molecule has 3 heteroatoms. The minimum Gasteiger partial charge on any atom is -0.262 e. The van der Waals surface area contributed by atoms with E-state index < -0.39 is 0 Å². The fraction of sp³-hybridized carbons (Fsp3) is 0.300. The first-order chi connectivity index (χ1) is 6.27. The molecule has 0 radical (unpaired) electrons. The number of halogens is 1. The SMILES string of the molecule is C[C@@H]1SC(c2ccccc2)=N[C@H]1Br. The van der Waals surface area contributed by atoms with E-state index in [-0.39, 0.29) is 4.95 Å². The second-order valence-electron chi connectivity index (χ2n) is 3.00. The Morgan fingerprint density at radius 3 is 2.54 bits per heavy atom. The van der Waals surface area contributed by atoms with Crippen molar-refractivity contribution < 1.29 is 0 Å². The predicted molar refractivity (Wildman–Crippen MR) is 62.7 cm³/mol. The van der Waals surface area contributed by atoms with Gasteiger partial charge in [0, 0.05) is 10.8 Å². The summed E-state index contributed by atoms with van der Waals surface area (Å²) in [4.78, 5) is 4.81. The van der Waals surface area contributed by atoms with E-state index in [2.05, 4.69) is 40.0 Å². The maximum Gasteiger partial charge on any atom is 0.118 e. The number of nitrogens with zero attached hydrogens (tertiary/aromatic N) is 1. The number of hydrogen-bond acceptors (Lipinski definition) is 2. The highest BCUT2D eigenvalue weighted by molar-refractivity contribution is 9.09. The Labute approximate surface area is 90.8 Å². The van der Waals surface area contributed by atoms with Crippen LogP contribution in [0.2, 0.25) is 0 Å². The van der Waals surface area contributed by atoms with Crippen LogP contribution in [0.3, 0.4) is 0 Å². The van der Waals surface area contributed by atoms with Crippen LogP contribution in [0.15, 0.2) is 35.3 Å². The van der Waals surface area contributed by atoms with Gasteiger partial charge in [-0.2, -0.15) is 0 Å². The first kappa shape index (κ1) is 9.28. The van der Waals surface area contributed by atoms with Gasteiger partial charge >= 0.3 is 0 Å². The second-order valence-corrected chi connectivity index (χ2v) is 5.30. The lowest BCUT2D eigenvalue weighted by molar-refractivity contribution is 0.927. The molecule has 0 aromatic heterocycles. The van der Waals surface area contributed by atoms with Crippen molar-refractivity contribution in [1.29, 1.82) is 0 Å². The third-order valence-corrected chi connectivity index (χ3v) is 4.49. The Morgan fingerprint density at radius 1 is 1.31 bits per heavy atom. The van der Waals surface area contributed by atoms with Gasteiger partial charge < -0.3 is 0 Å². The maximum absolute atomic E-state index is 4.54. The van der Waals surface area contributed by atoms with Gasteiger partial charge in [-0.1, -0.05) is 58.0 Å². The fourth-order valence-electron chi connectivity index (χ4n) is 1.20. The summed E-state index contributed by atoms with van der Waals surface area (Å²) < 4.78 is 0. The van der Waals surface area contributed by atoms with Crippen LogP contribution < -0.4 is 0 Å². The van der Waals surface area contributed by atoms with Gasteiger partial charge in [0.15, 0.2) is 0 Å². The summed E-state index contributed by atoms with van der Waals surface area (Å²) in [6.07, 6.45) is 0. The van der Waals surface area contributed by atoms with Gasteiger partial charge in [0.1, 0.15) is 4.95 Å². The lowest BCUT2D eigenvalue weighted by Crippen LogP contribution is -2.03. The molecule has 0 aliphatic carbocycles. The van der Waals surface area contributed by atoms with Gasteiger partial charge in [-0.3, -0.25) is 4.99 Å². The number of thioether (sulfide) groups is 1. The Kier molecular flexibility index (Phi) is 2.74. The zero-order chi connectivity index (χ0) is 9.26. The summed E-state index contributed by atoms with van der Waals surface area (Å²) in [5.74, 6) is 0. The van der Waals surface area contributed by atoms with Crippen molar-refractivity contribution in [2.45, 2.75) is 17.1 Å². The minimum absolute atomic E-state index is 0.271. The molecular weight excluding hydrogens is 246 g/mol. The van der Waals surface area contributed by atoms with Crippen molar-refractivity contribution >= 4 is 32.7 Å². The summed E-state index contributed by atoms with van der Waals surface area (Å²) in [6.45, 7) is 2.18. The van der Waals surface area contributed by atoms with Crippen molar-refractivity contribution in [2.24, 2.45) is 4.99 Å². The van der Waals surface area contributed by atoms with Gasteiger partial charge in [-0.25, -0.2) is 0 Å². The van der Waals surface area contributed by atoms with E-state index >= 15 is 0 Å². The molecule has 2 atom stereocenters. The third kappa shape index (κ3) is 1.97. The highest BCUT2D eigenvalue weighted by atomic mass is 79.9. The molecule has 0 spiro atoms. The van der Waals surface area contributed by atoms with Gasteiger partial charge in [0.2, 0.25) is 0 Å². The summed E-state index contributed by atoms with van der Waals surface area (Å²) in [5, 5.41) is 1.69. The minimum atomic E-state index is 0.271. The molecule has 13 heavy (non-hydrogen) atoms. The lowest BCUT2D eigenvalue weighted by Gasteiger charge is -2.02. The molecule has 2 rings (SSSR count). The van der Waals surface area contributed by atoms with Crippen molar-refractivity contribution in [3.8, 4) is 0 Å². The Bertz CT molecular complexity index is 323. The van der Waals surface area contributed by atoms with Crippen LogP contribution >= 0.6 is 27.7 Å². The lowest BCUT2D eigenvalue weighted by atomic mass is 10.2. The molecule has 0 amide bonds. The van der Waals surface area contributed by atoms with Crippen LogP contribution in [0.25, 0.3) is 0 Å². The highest BCUT2D eigenvalue weighted by Gasteiger charge is 2.24. The monoisotopic (exact) mass is 255 g/mol. The van der Waals surface area contributed by atoms with E-state index in [0.717, 1.165) is 5.04 Å². The normalized spacial score (nSPS) is 27.4. The molecule has 0 bridgehead atoms. The number of rotatable bonds is 1. The zero-order valence-electron chi connectivity index (χ0n) is 7.27. The standard InChI is InChI=1S/C10H10BrNS/c1-7-9(11)12-10(13-7)8-5-3-2-4-6-8/h2-7,9H,1H3/t7-,9+/m0/s1. The molecule has 0 saturated heterocycles. The number of benzene rings is 1. The first-order valence-corrected chi connectivity index (χ1v) is 6.01. The van der Waals surface area contributed by atoms with E-state index in [0.29, 0.717) is 5.25 Å². The van der Waals surface area contributed by atoms with Gasteiger partial charge in [0.25, 0.3) is 0 Å². The molecule has 0 saturated carbocycles. The number of hydrogen-bond donors (Lipinski definition) is 0. The highest BCUT2D eigenvalue weighted by Crippen LogP contribution is 2.32. The van der Waals surface area contributed by atoms with Crippen LogP contribution in [-0.4, -0.2) is 15.2 Å². The first-order valence-electron chi connectivity index (χ1n) is 4.21. The maximum atomic E-state index is 4.54. The van der Waals surface area contributed by atoms with E-state index in [1.165, 1.54) is 5.56 Å².